The first-order chi connectivity index (χ1) is 8.77. The summed E-state index contributed by atoms with van der Waals surface area (Å²) in [5, 5.41) is 14.0. The van der Waals surface area contributed by atoms with E-state index in [9.17, 15) is 5.11 Å². The van der Waals surface area contributed by atoms with Gasteiger partial charge in [-0.25, -0.2) is 0 Å². The number of hydrogen-bond donors (Lipinski definition) is 1. The fraction of sp³-hybridized carbons (Fsp3) is 0.267. The summed E-state index contributed by atoms with van der Waals surface area (Å²) in [6.07, 6.45) is 9.15. The molecule has 18 heavy (non-hydrogen) atoms. The van der Waals surface area contributed by atoms with E-state index in [1.807, 2.05) is 13.0 Å². The van der Waals surface area contributed by atoms with Gasteiger partial charge in [-0.2, -0.15) is 0 Å². The number of aromatic hydroxyl groups is 1. The number of phenolic OH excluding ortho intramolecular Hbond substituents is 1. The Labute approximate surface area is 106 Å². The van der Waals surface area contributed by atoms with E-state index < -0.39 is 0 Å². The Morgan fingerprint density at radius 2 is 2.22 bits per heavy atom. The van der Waals surface area contributed by atoms with Gasteiger partial charge in [0.15, 0.2) is 0 Å². The number of fused-ring (bicyclic) bond motifs is 1. The van der Waals surface area contributed by atoms with Crippen LogP contribution in [0, 0.1) is 6.92 Å². The Morgan fingerprint density at radius 1 is 1.33 bits per heavy atom. The molecule has 92 valence electrons. The Balaban J connectivity index is 2.26. The first kappa shape index (κ1) is 11.1. The smallest absolute Gasteiger partial charge is 0.141 e. The van der Waals surface area contributed by atoms with E-state index >= 15 is 0 Å². The highest BCUT2D eigenvalue weighted by molar-refractivity contribution is 5.78. The zero-order valence-electron chi connectivity index (χ0n) is 10.3. The van der Waals surface area contributed by atoms with Gasteiger partial charge < -0.3 is 9.63 Å². The van der Waals surface area contributed by atoms with Crippen molar-refractivity contribution < 1.29 is 9.63 Å². The molecule has 0 radical (unpaired) electrons. The number of benzene rings is 1. The average molecular weight is 241 g/mol. The SMILES string of the molecule is Cc1oncc1-c1c(O)ccc2c1CCCC=C2. The largest absolute Gasteiger partial charge is 0.507 e. The third-order valence-corrected chi connectivity index (χ3v) is 3.44. The third kappa shape index (κ3) is 1.72. The van der Waals surface area contributed by atoms with Crippen LogP contribution in [0.3, 0.4) is 0 Å². The first-order valence-electron chi connectivity index (χ1n) is 6.20. The minimum absolute atomic E-state index is 0.301. The van der Waals surface area contributed by atoms with Gasteiger partial charge in [-0.3, -0.25) is 0 Å². The molecule has 0 amide bonds. The molecular weight excluding hydrogens is 226 g/mol. The Hall–Kier alpha value is -2.03. The Bertz CT molecular complexity index is 611. The molecule has 2 aromatic rings. The number of allylic oxidation sites excluding steroid dienone is 1. The van der Waals surface area contributed by atoms with Gasteiger partial charge in [0.25, 0.3) is 0 Å². The topological polar surface area (TPSA) is 46.3 Å². The van der Waals surface area contributed by atoms with Gasteiger partial charge >= 0.3 is 0 Å². The van der Waals surface area contributed by atoms with Crippen molar-refractivity contribution in [1.82, 2.24) is 5.16 Å². The van der Waals surface area contributed by atoms with Crippen LogP contribution in [0.4, 0.5) is 0 Å². The molecule has 0 bridgehead atoms. The van der Waals surface area contributed by atoms with Crippen molar-refractivity contribution in [3.8, 4) is 16.9 Å². The fourth-order valence-electron chi connectivity index (χ4n) is 2.52. The molecule has 0 aliphatic heterocycles. The van der Waals surface area contributed by atoms with Crippen LogP contribution < -0.4 is 0 Å². The molecule has 3 heteroatoms. The number of nitrogens with zero attached hydrogens (tertiary/aromatic N) is 1. The second-order valence-electron chi connectivity index (χ2n) is 4.62. The van der Waals surface area contributed by atoms with E-state index in [4.69, 9.17) is 4.52 Å². The molecule has 1 heterocycles. The second-order valence-corrected chi connectivity index (χ2v) is 4.62. The molecule has 3 rings (SSSR count). The Morgan fingerprint density at radius 3 is 3.00 bits per heavy atom. The van der Waals surface area contributed by atoms with E-state index in [1.165, 1.54) is 11.1 Å². The zero-order chi connectivity index (χ0) is 12.5. The molecule has 0 atom stereocenters. The maximum atomic E-state index is 10.2. The van der Waals surface area contributed by atoms with Crippen molar-refractivity contribution in [2.24, 2.45) is 0 Å². The summed E-state index contributed by atoms with van der Waals surface area (Å²) in [7, 11) is 0. The molecular formula is C15H15NO2. The molecule has 0 unspecified atom stereocenters. The van der Waals surface area contributed by atoms with Crippen molar-refractivity contribution >= 4 is 6.08 Å². The minimum atomic E-state index is 0.301. The summed E-state index contributed by atoms with van der Waals surface area (Å²) in [6, 6.07) is 3.72. The predicted octanol–water partition coefficient (Wildman–Crippen LogP) is 3.71. The van der Waals surface area contributed by atoms with Gasteiger partial charge in [0, 0.05) is 11.1 Å². The maximum Gasteiger partial charge on any atom is 0.141 e. The average Bonchev–Trinajstić information content (AvgIpc) is 2.64. The highest BCUT2D eigenvalue weighted by atomic mass is 16.5. The van der Waals surface area contributed by atoms with Crippen LogP contribution in [-0.4, -0.2) is 10.3 Å². The Kier molecular flexibility index (Phi) is 2.67. The van der Waals surface area contributed by atoms with E-state index in [0.717, 1.165) is 36.1 Å². The van der Waals surface area contributed by atoms with Crippen molar-refractivity contribution in [2.75, 3.05) is 0 Å². The zero-order valence-corrected chi connectivity index (χ0v) is 10.3. The normalized spacial score (nSPS) is 14.3. The maximum absolute atomic E-state index is 10.2. The standard InChI is InChI=1S/C15H15NO2/c1-10-13(9-16-18-10)15-12-6-4-2-3-5-11(12)7-8-14(15)17/h3,5,7-9,17H,2,4,6H2,1H3. The monoisotopic (exact) mass is 241 g/mol. The number of hydrogen-bond acceptors (Lipinski definition) is 3. The lowest BCUT2D eigenvalue weighted by molar-refractivity contribution is 0.397. The molecule has 1 aliphatic rings. The van der Waals surface area contributed by atoms with Gasteiger partial charge in [-0.1, -0.05) is 23.4 Å². The third-order valence-electron chi connectivity index (χ3n) is 3.44. The fourth-order valence-corrected chi connectivity index (χ4v) is 2.52. The van der Waals surface area contributed by atoms with Crippen LogP contribution in [0.5, 0.6) is 5.75 Å². The number of phenols is 1. The predicted molar refractivity (Wildman–Crippen MR) is 70.3 cm³/mol. The van der Waals surface area contributed by atoms with E-state index in [-0.39, 0.29) is 0 Å². The lowest BCUT2D eigenvalue weighted by Crippen LogP contribution is -1.94. The minimum Gasteiger partial charge on any atom is -0.507 e. The summed E-state index contributed by atoms with van der Waals surface area (Å²) in [5.41, 5.74) is 4.13. The highest BCUT2D eigenvalue weighted by Crippen LogP contribution is 2.38. The van der Waals surface area contributed by atoms with Crippen molar-refractivity contribution in [3.05, 3.63) is 41.3 Å². The molecule has 3 nitrogen and oxygen atoms in total. The van der Waals surface area contributed by atoms with E-state index in [2.05, 4.69) is 17.3 Å². The molecule has 0 fully saturated rings. The molecule has 1 aromatic heterocycles. The lowest BCUT2D eigenvalue weighted by atomic mass is 9.93. The summed E-state index contributed by atoms with van der Waals surface area (Å²) >= 11 is 0. The van der Waals surface area contributed by atoms with Gasteiger partial charge in [0.05, 0.1) is 6.20 Å². The molecule has 1 aromatic carbocycles. The van der Waals surface area contributed by atoms with Crippen molar-refractivity contribution in [1.29, 1.82) is 0 Å². The second kappa shape index (κ2) is 4.33. The highest BCUT2D eigenvalue weighted by Gasteiger charge is 2.18. The summed E-state index contributed by atoms with van der Waals surface area (Å²) < 4.78 is 5.12. The van der Waals surface area contributed by atoms with Crippen molar-refractivity contribution in [2.45, 2.75) is 26.2 Å². The van der Waals surface area contributed by atoms with Crippen LogP contribution in [-0.2, 0) is 6.42 Å². The molecule has 1 N–H and O–H groups in total. The van der Waals surface area contributed by atoms with Crippen LogP contribution in [0.2, 0.25) is 0 Å². The summed E-state index contributed by atoms with van der Waals surface area (Å²) in [5.74, 6) is 1.04. The van der Waals surface area contributed by atoms with Crippen molar-refractivity contribution in [3.63, 3.8) is 0 Å². The lowest BCUT2D eigenvalue weighted by Gasteiger charge is -2.12. The van der Waals surface area contributed by atoms with Gasteiger partial charge in [-0.05, 0) is 43.4 Å². The number of rotatable bonds is 1. The quantitative estimate of drug-likeness (QED) is 0.827. The van der Waals surface area contributed by atoms with Crippen LogP contribution >= 0.6 is 0 Å². The van der Waals surface area contributed by atoms with Crippen LogP contribution in [0.1, 0.15) is 29.7 Å². The number of aryl methyl sites for hydroxylation is 1. The summed E-state index contributed by atoms with van der Waals surface area (Å²) in [6.45, 7) is 1.87. The van der Waals surface area contributed by atoms with E-state index in [1.54, 1.807) is 12.3 Å². The summed E-state index contributed by atoms with van der Waals surface area (Å²) in [4.78, 5) is 0. The van der Waals surface area contributed by atoms with Crippen LogP contribution in [0.25, 0.3) is 17.2 Å². The molecule has 0 spiro atoms. The van der Waals surface area contributed by atoms with Gasteiger partial charge in [-0.15, -0.1) is 0 Å². The van der Waals surface area contributed by atoms with E-state index in [0.29, 0.717) is 5.75 Å². The molecule has 1 aliphatic carbocycles. The first-order valence-corrected chi connectivity index (χ1v) is 6.20. The molecule has 0 saturated carbocycles. The van der Waals surface area contributed by atoms with Gasteiger partial charge in [0.1, 0.15) is 11.5 Å². The number of aromatic nitrogens is 1. The van der Waals surface area contributed by atoms with Gasteiger partial charge in [0.2, 0.25) is 0 Å². The molecule has 0 saturated heterocycles. The van der Waals surface area contributed by atoms with Crippen LogP contribution in [0.15, 0.2) is 28.9 Å².